The third-order valence-electron chi connectivity index (χ3n) is 9.13. The van der Waals surface area contributed by atoms with E-state index in [1.165, 1.54) is 6.42 Å². The van der Waals surface area contributed by atoms with Crippen molar-refractivity contribution >= 4 is 40.3 Å². The van der Waals surface area contributed by atoms with Gasteiger partial charge < -0.3 is 24.2 Å². The van der Waals surface area contributed by atoms with E-state index in [0.717, 1.165) is 55.6 Å². The summed E-state index contributed by atoms with van der Waals surface area (Å²) < 4.78 is 1.93. The molecule has 0 N–H and O–H groups in total. The number of aromatic nitrogens is 1. The zero-order valence-electron chi connectivity index (χ0n) is 25.2. The van der Waals surface area contributed by atoms with E-state index < -0.39 is 0 Å². The normalized spacial score (nSPS) is 18.5. The average Bonchev–Trinajstić information content (AvgIpc) is 3.43. The number of benzene rings is 2. The second kappa shape index (κ2) is 12.6. The lowest BCUT2D eigenvalue weighted by atomic mass is 10.1. The van der Waals surface area contributed by atoms with Crippen LogP contribution in [0.4, 0.5) is 4.79 Å². The first kappa shape index (κ1) is 29.5. The van der Waals surface area contributed by atoms with Crippen LogP contribution in [-0.4, -0.2) is 118 Å². The maximum atomic E-state index is 14.1. The number of nitrogens with zero attached hydrogens (tertiary/aromatic N) is 6. The number of hydrogen-bond acceptors (Lipinski definition) is 4. The van der Waals surface area contributed by atoms with Gasteiger partial charge in [0.1, 0.15) is 5.69 Å². The standard InChI is InChI=1S/C33H41ClN6O3/c1-24(2)35-13-15-36(16-14-35)31(41)25-9-10-29-26(21-25)22-30(40(29)28-8-6-7-27(34)23-28)32(42)37-17-19-39(20-18-37)33(43)38-11-4-3-5-12-38/h6-10,21-24H,3-5,11-20H2,1-2H3. The molecule has 10 heteroatoms. The summed E-state index contributed by atoms with van der Waals surface area (Å²) in [6.45, 7) is 11.1. The van der Waals surface area contributed by atoms with Gasteiger partial charge in [0.25, 0.3) is 11.8 Å². The molecule has 2 aromatic carbocycles. The SMILES string of the molecule is CC(C)N1CCN(C(=O)c2ccc3c(c2)cc(C(=O)N2CCN(C(=O)N4CCCCC4)CC2)n3-c2cccc(Cl)c2)CC1. The van der Waals surface area contributed by atoms with E-state index in [2.05, 4.69) is 18.7 Å². The number of piperazine rings is 2. The molecule has 3 saturated heterocycles. The molecule has 228 valence electrons. The molecule has 1 aromatic heterocycles. The molecule has 0 unspecified atom stereocenters. The van der Waals surface area contributed by atoms with Crippen LogP contribution >= 0.6 is 11.6 Å². The Balaban J connectivity index is 1.25. The van der Waals surface area contributed by atoms with Gasteiger partial charge in [-0.2, -0.15) is 0 Å². The summed E-state index contributed by atoms with van der Waals surface area (Å²) >= 11 is 6.38. The van der Waals surface area contributed by atoms with Crippen LogP contribution < -0.4 is 0 Å². The number of rotatable bonds is 4. The van der Waals surface area contributed by atoms with Crippen LogP contribution in [0.1, 0.15) is 54.0 Å². The smallest absolute Gasteiger partial charge is 0.320 e. The lowest BCUT2D eigenvalue weighted by Gasteiger charge is -2.38. The van der Waals surface area contributed by atoms with Crippen molar-refractivity contribution in [1.82, 2.24) is 29.1 Å². The summed E-state index contributed by atoms with van der Waals surface area (Å²) in [5.74, 6) is -0.0814. The predicted molar refractivity (Wildman–Crippen MR) is 169 cm³/mol. The van der Waals surface area contributed by atoms with Gasteiger partial charge >= 0.3 is 6.03 Å². The fourth-order valence-corrected chi connectivity index (χ4v) is 6.76. The molecule has 0 spiro atoms. The minimum Gasteiger partial charge on any atom is -0.336 e. The van der Waals surface area contributed by atoms with E-state index >= 15 is 0 Å². The van der Waals surface area contributed by atoms with Crippen LogP contribution in [0.15, 0.2) is 48.5 Å². The summed E-state index contributed by atoms with van der Waals surface area (Å²) in [5.41, 5.74) is 2.76. The highest BCUT2D eigenvalue weighted by atomic mass is 35.5. The number of likely N-dealkylation sites (tertiary alicyclic amines) is 1. The molecule has 6 rings (SSSR count). The molecular formula is C33H41ClN6O3. The summed E-state index contributed by atoms with van der Waals surface area (Å²) in [6, 6.07) is 15.6. The van der Waals surface area contributed by atoms with Gasteiger partial charge in [0.2, 0.25) is 0 Å². The molecule has 0 bridgehead atoms. The average molecular weight is 605 g/mol. The Morgan fingerprint density at radius 2 is 1.30 bits per heavy atom. The molecule has 4 heterocycles. The van der Waals surface area contributed by atoms with Crippen molar-refractivity contribution in [3.8, 4) is 5.69 Å². The van der Waals surface area contributed by atoms with Crippen LogP contribution in [0.2, 0.25) is 5.02 Å². The molecule has 3 aliphatic rings. The topological polar surface area (TPSA) is 72.3 Å². The summed E-state index contributed by atoms with van der Waals surface area (Å²) in [7, 11) is 0. The molecule has 3 fully saturated rings. The predicted octanol–water partition coefficient (Wildman–Crippen LogP) is 4.81. The second-order valence-corrected chi connectivity index (χ2v) is 12.6. The zero-order valence-corrected chi connectivity index (χ0v) is 25.9. The second-order valence-electron chi connectivity index (χ2n) is 12.1. The highest BCUT2D eigenvalue weighted by Crippen LogP contribution is 2.29. The molecule has 0 radical (unpaired) electrons. The van der Waals surface area contributed by atoms with Gasteiger partial charge in [-0.15, -0.1) is 0 Å². The zero-order chi connectivity index (χ0) is 30.1. The highest BCUT2D eigenvalue weighted by Gasteiger charge is 2.30. The van der Waals surface area contributed by atoms with Gasteiger partial charge in [-0.05, 0) is 75.6 Å². The van der Waals surface area contributed by atoms with Crippen LogP contribution in [0.5, 0.6) is 0 Å². The number of piperidine rings is 1. The van der Waals surface area contributed by atoms with Gasteiger partial charge in [0, 0.05) is 93.1 Å². The van der Waals surface area contributed by atoms with Gasteiger partial charge in [-0.25, -0.2) is 4.79 Å². The minimum atomic E-state index is -0.0982. The van der Waals surface area contributed by atoms with E-state index in [4.69, 9.17) is 11.6 Å². The van der Waals surface area contributed by atoms with Crippen molar-refractivity contribution in [2.75, 3.05) is 65.4 Å². The Hall–Kier alpha value is -3.56. The van der Waals surface area contributed by atoms with Crippen molar-refractivity contribution in [2.45, 2.75) is 39.2 Å². The fourth-order valence-electron chi connectivity index (χ4n) is 6.57. The van der Waals surface area contributed by atoms with E-state index in [1.807, 2.05) is 72.7 Å². The number of hydrogen-bond donors (Lipinski definition) is 0. The lowest BCUT2D eigenvalue weighted by molar-refractivity contribution is 0.0595. The molecule has 4 amide bonds. The Bertz CT molecular complexity index is 1500. The van der Waals surface area contributed by atoms with Gasteiger partial charge in [-0.3, -0.25) is 14.5 Å². The molecule has 43 heavy (non-hydrogen) atoms. The van der Waals surface area contributed by atoms with E-state index in [0.29, 0.717) is 61.6 Å². The Morgan fingerprint density at radius 3 is 1.98 bits per heavy atom. The highest BCUT2D eigenvalue weighted by molar-refractivity contribution is 6.30. The van der Waals surface area contributed by atoms with Crippen molar-refractivity contribution in [3.05, 3.63) is 64.8 Å². The Kier molecular flexibility index (Phi) is 8.63. The number of halogens is 1. The minimum absolute atomic E-state index is 0.0168. The van der Waals surface area contributed by atoms with Crippen molar-refractivity contribution in [1.29, 1.82) is 0 Å². The van der Waals surface area contributed by atoms with Crippen LogP contribution in [0.25, 0.3) is 16.6 Å². The van der Waals surface area contributed by atoms with Crippen LogP contribution in [0, 0.1) is 0 Å². The molecule has 3 aliphatic heterocycles. The van der Waals surface area contributed by atoms with E-state index in [9.17, 15) is 14.4 Å². The van der Waals surface area contributed by atoms with Gasteiger partial charge in [0.15, 0.2) is 0 Å². The van der Waals surface area contributed by atoms with Crippen molar-refractivity contribution in [2.24, 2.45) is 0 Å². The number of carbonyl (C=O) groups excluding carboxylic acids is 3. The van der Waals surface area contributed by atoms with Crippen molar-refractivity contribution < 1.29 is 14.4 Å². The fraction of sp³-hybridized carbons (Fsp3) is 0.485. The quantitative estimate of drug-likeness (QED) is 0.428. The Labute approximate surface area is 258 Å². The van der Waals surface area contributed by atoms with E-state index in [-0.39, 0.29) is 17.8 Å². The molecule has 3 aromatic rings. The first-order chi connectivity index (χ1) is 20.8. The monoisotopic (exact) mass is 604 g/mol. The Morgan fingerprint density at radius 1 is 0.674 bits per heavy atom. The first-order valence-corrected chi connectivity index (χ1v) is 16.0. The number of urea groups is 1. The first-order valence-electron chi connectivity index (χ1n) is 15.6. The number of fused-ring (bicyclic) bond motifs is 1. The number of carbonyl (C=O) groups is 3. The maximum absolute atomic E-state index is 14.1. The summed E-state index contributed by atoms with van der Waals surface area (Å²) in [5, 5.41) is 1.41. The maximum Gasteiger partial charge on any atom is 0.320 e. The van der Waals surface area contributed by atoms with Crippen molar-refractivity contribution in [3.63, 3.8) is 0 Å². The number of amides is 4. The molecule has 0 atom stereocenters. The third-order valence-corrected chi connectivity index (χ3v) is 9.36. The van der Waals surface area contributed by atoms with Crippen LogP contribution in [-0.2, 0) is 0 Å². The van der Waals surface area contributed by atoms with Gasteiger partial charge in [0.05, 0.1) is 5.52 Å². The third kappa shape index (κ3) is 6.10. The molecule has 0 saturated carbocycles. The lowest BCUT2D eigenvalue weighted by Crippen LogP contribution is -2.54. The molecular weight excluding hydrogens is 564 g/mol. The van der Waals surface area contributed by atoms with E-state index in [1.54, 1.807) is 0 Å². The van der Waals surface area contributed by atoms with Gasteiger partial charge in [-0.1, -0.05) is 17.7 Å². The molecule has 0 aliphatic carbocycles. The molecule has 9 nitrogen and oxygen atoms in total. The van der Waals surface area contributed by atoms with Crippen LogP contribution in [0.3, 0.4) is 0 Å². The summed E-state index contributed by atoms with van der Waals surface area (Å²) in [4.78, 5) is 50.5. The largest absolute Gasteiger partial charge is 0.336 e. The summed E-state index contributed by atoms with van der Waals surface area (Å²) in [6.07, 6.45) is 3.29.